The van der Waals surface area contributed by atoms with E-state index in [1.165, 1.54) is 17.0 Å². The van der Waals surface area contributed by atoms with E-state index in [-0.39, 0.29) is 23.8 Å². The second-order valence-electron chi connectivity index (χ2n) is 10.9. The summed E-state index contributed by atoms with van der Waals surface area (Å²) < 4.78 is 29.4. The molecule has 0 saturated carbocycles. The minimum atomic E-state index is -4.22. The summed E-state index contributed by atoms with van der Waals surface area (Å²) in [4.78, 5) is 29.8. The molecular formula is C35H36Cl3N3O4S. The molecule has 0 aliphatic heterocycles. The van der Waals surface area contributed by atoms with Gasteiger partial charge in [-0.25, -0.2) is 8.42 Å². The lowest BCUT2D eigenvalue weighted by atomic mass is 10.0. The Morgan fingerprint density at radius 3 is 2.13 bits per heavy atom. The number of unbranched alkanes of at least 4 members (excludes halogenated alkanes) is 1. The molecule has 4 aromatic rings. The van der Waals surface area contributed by atoms with E-state index in [1.54, 1.807) is 61.5 Å². The second-order valence-corrected chi connectivity index (χ2v) is 14.0. The number of nitrogens with one attached hydrogen (secondary N) is 1. The van der Waals surface area contributed by atoms with Crippen molar-refractivity contribution in [3.8, 4) is 0 Å². The van der Waals surface area contributed by atoms with Gasteiger partial charge in [0.2, 0.25) is 11.8 Å². The van der Waals surface area contributed by atoms with Crippen molar-refractivity contribution in [2.45, 2.75) is 50.6 Å². The van der Waals surface area contributed by atoms with Crippen LogP contribution in [-0.4, -0.2) is 44.3 Å². The molecule has 1 N–H and O–H groups in total. The third-order valence-electron chi connectivity index (χ3n) is 7.48. The van der Waals surface area contributed by atoms with Crippen LogP contribution in [0.3, 0.4) is 0 Å². The fourth-order valence-electron chi connectivity index (χ4n) is 5.03. The van der Waals surface area contributed by atoms with E-state index in [0.717, 1.165) is 22.7 Å². The first kappa shape index (κ1) is 35.3. The summed E-state index contributed by atoms with van der Waals surface area (Å²) in [5.74, 6) is -0.919. The summed E-state index contributed by atoms with van der Waals surface area (Å²) in [6.45, 7) is 3.59. The molecule has 0 fully saturated rings. The van der Waals surface area contributed by atoms with E-state index in [4.69, 9.17) is 34.8 Å². The van der Waals surface area contributed by atoms with Crippen LogP contribution in [0.15, 0.2) is 102 Å². The highest BCUT2D eigenvalue weighted by Gasteiger charge is 2.35. The summed E-state index contributed by atoms with van der Waals surface area (Å²) in [6.07, 6.45) is 1.85. The van der Waals surface area contributed by atoms with Gasteiger partial charge in [-0.05, 0) is 72.5 Å². The van der Waals surface area contributed by atoms with Crippen molar-refractivity contribution in [1.29, 1.82) is 0 Å². The summed E-state index contributed by atoms with van der Waals surface area (Å²) in [7, 11) is -4.22. The number of carbonyl (C=O) groups excluding carboxylic acids is 2. The molecule has 0 saturated heterocycles. The van der Waals surface area contributed by atoms with Crippen LogP contribution in [0.5, 0.6) is 0 Å². The van der Waals surface area contributed by atoms with E-state index >= 15 is 0 Å². The predicted molar refractivity (Wildman–Crippen MR) is 186 cm³/mol. The number of sulfonamides is 1. The van der Waals surface area contributed by atoms with E-state index in [9.17, 15) is 18.0 Å². The number of carbonyl (C=O) groups is 2. The molecule has 0 spiro atoms. The zero-order chi connectivity index (χ0) is 33.3. The molecule has 242 valence electrons. The van der Waals surface area contributed by atoms with Gasteiger partial charge in [-0.3, -0.25) is 13.9 Å². The Balaban J connectivity index is 1.82. The van der Waals surface area contributed by atoms with Gasteiger partial charge in [-0.1, -0.05) is 103 Å². The molecule has 0 aliphatic carbocycles. The van der Waals surface area contributed by atoms with E-state index in [1.807, 2.05) is 37.3 Å². The van der Waals surface area contributed by atoms with Gasteiger partial charge in [0.25, 0.3) is 10.0 Å². The van der Waals surface area contributed by atoms with Gasteiger partial charge in [0, 0.05) is 24.5 Å². The number of anilines is 1. The Bertz CT molecular complexity index is 1760. The highest BCUT2D eigenvalue weighted by Crippen LogP contribution is 2.30. The van der Waals surface area contributed by atoms with Crippen molar-refractivity contribution in [1.82, 2.24) is 10.2 Å². The van der Waals surface area contributed by atoms with E-state index in [2.05, 4.69) is 5.32 Å². The Kier molecular flexibility index (Phi) is 12.5. The highest BCUT2D eigenvalue weighted by atomic mass is 35.5. The molecule has 4 rings (SSSR count). The van der Waals surface area contributed by atoms with Gasteiger partial charge in [0.1, 0.15) is 12.6 Å². The van der Waals surface area contributed by atoms with Crippen LogP contribution < -0.4 is 9.62 Å². The number of hydrogen-bond donors (Lipinski definition) is 1. The van der Waals surface area contributed by atoms with Crippen molar-refractivity contribution in [2.24, 2.45) is 0 Å². The van der Waals surface area contributed by atoms with Gasteiger partial charge in [-0.15, -0.1) is 0 Å². The summed E-state index contributed by atoms with van der Waals surface area (Å²) >= 11 is 18.7. The first-order valence-electron chi connectivity index (χ1n) is 14.9. The highest BCUT2D eigenvalue weighted by molar-refractivity contribution is 7.92. The number of halogens is 3. The maximum Gasteiger partial charge on any atom is 0.264 e. The van der Waals surface area contributed by atoms with Crippen LogP contribution >= 0.6 is 34.8 Å². The molecule has 0 radical (unpaired) electrons. The number of rotatable bonds is 14. The minimum absolute atomic E-state index is 0.0197. The number of amides is 2. The third-order valence-corrected chi connectivity index (χ3v) is 10.2. The normalized spacial score (nSPS) is 11.9. The first-order chi connectivity index (χ1) is 22.0. The number of aryl methyl sites for hydroxylation is 1. The largest absolute Gasteiger partial charge is 0.354 e. The lowest BCUT2D eigenvalue weighted by molar-refractivity contribution is -0.140. The lowest BCUT2D eigenvalue weighted by Gasteiger charge is -2.34. The Morgan fingerprint density at radius 1 is 0.826 bits per heavy atom. The summed E-state index contributed by atoms with van der Waals surface area (Å²) in [5.41, 5.74) is 2.33. The maximum absolute atomic E-state index is 14.6. The Labute approximate surface area is 286 Å². The molecule has 0 heterocycles. The SMILES string of the molecule is CCCCNC(=O)C(Cc1ccccc1)N(Cc1ccc(Cl)c(Cl)c1)C(=O)CN(c1ccc(Cl)cc1C)S(=O)(=O)c1ccccc1. The smallest absolute Gasteiger partial charge is 0.264 e. The monoisotopic (exact) mass is 699 g/mol. The molecule has 7 nitrogen and oxygen atoms in total. The fourth-order valence-corrected chi connectivity index (χ4v) is 7.07. The minimum Gasteiger partial charge on any atom is -0.354 e. The molecule has 4 aromatic carbocycles. The second kappa shape index (κ2) is 16.3. The van der Waals surface area contributed by atoms with Crippen molar-refractivity contribution in [3.63, 3.8) is 0 Å². The van der Waals surface area contributed by atoms with Crippen LogP contribution in [0.4, 0.5) is 5.69 Å². The quantitative estimate of drug-likeness (QED) is 0.137. The molecule has 11 heteroatoms. The lowest BCUT2D eigenvalue weighted by Crippen LogP contribution is -2.53. The van der Waals surface area contributed by atoms with Crippen molar-refractivity contribution in [3.05, 3.63) is 129 Å². The van der Waals surface area contributed by atoms with Crippen LogP contribution in [0.25, 0.3) is 0 Å². The van der Waals surface area contributed by atoms with Crippen LogP contribution in [-0.2, 0) is 32.6 Å². The topological polar surface area (TPSA) is 86.8 Å². The standard InChI is InChI=1S/C35H36Cl3N3O4S/c1-3-4-19-39-35(43)33(22-26-11-7-5-8-12-26)40(23-27-15-17-30(37)31(38)21-27)34(42)24-41(32-18-16-28(36)20-25(32)2)46(44,45)29-13-9-6-10-14-29/h5-18,20-21,33H,3-4,19,22-24H2,1-2H3,(H,39,43). The molecule has 2 amide bonds. The summed E-state index contributed by atoms with van der Waals surface area (Å²) in [5, 5.41) is 4.05. The first-order valence-corrected chi connectivity index (χ1v) is 17.5. The number of benzene rings is 4. The van der Waals surface area contributed by atoms with Gasteiger partial charge in [0.15, 0.2) is 0 Å². The molecule has 1 atom stereocenters. The zero-order valence-electron chi connectivity index (χ0n) is 25.6. The molecular weight excluding hydrogens is 665 g/mol. The van der Waals surface area contributed by atoms with Crippen molar-refractivity contribution >= 4 is 62.3 Å². The van der Waals surface area contributed by atoms with Gasteiger partial charge in [-0.2, -0.15) is 0 Å². The molecule has 1 unspecified atom stereocenters. The Morgan fingerprint density at radius 2 is 1.50 bits per heavy atom. The third kappa shape index (κ3) is 9.04. The van der Waals surface area contributed by atoms with Crippen molar-refractivity contribution in [2.75, 3.05) is 17.4 Å². The van der Waals surface area contributed by atoms with Gasteiger partial charge < -0.3 is 10.2 Å². The fraction of sp³-hybridized carbons (Fsp3) is 0.257. The van der Waals surface area contributed by atoms with Crippen molar-refractivity contribution < 1.29 is 18.0 Å². The number of nitrogens with zero attached hydrogens (tertiary/aromatic N) is 2. The average molecular weight is 701 g/mol. The average Bonchev–Trinajstić information content (AvgIpc) is 3.04. The van der Waals surface area contributed by atoms with E-state index < -0.39 is 28.5 Å². The maximum atomic E-state index is 14.6. The molecule has 0 aromatic heterocycles. The van der Waals surface area contributed by atoms with Crippen LogP contribution in [0.1, 0.15) is 36.5 Å². The van der Waals surface area contributed by atoms with Gasteiger partial charge in [0.05, 0.1) is 20.6 Å². The predicted octanol–water partition coefficient (Wildman–Crippen LogP) is 7.71. The molecule has 0 aliphatic rings. The van der Waals surface area contributed by atoms with E-state index in [0.29, 0.717) is 38.4 Å². The van der Waals surface area contributed by atoms with Crippen LogP contribution in [0, 0.1) is 6.92 Å². The van der Waals surface area contributed by atoms with Crippen LogP contribution in [0.2, 0.25) is 15.1 Å². The Hall–Kier alpha value is -3.56. The van der Waals surface area contributed by atoms with Gasteiger partial charge >= 0.3 is 0 Å². The zero-order valence-corrected chi connectivity index (χ0v) is 28.7. The molecule has 0 bridgehead atoms. The molecule has 46 heavy (non-hydrogen) atoms. The number of hydrogen-bond acceptors (Lipinski definition) is 4. The summed E-state index contributed by atoms with van der Waals surface area (Å²) in [6, 6.07) is 26.1.